The first-order chi connectivity index (χ1) is 13.7. The van der Waals surface area contributed by atoms with Crippen molar-refractivity contribution in [1.82, 2.24) is 10.1 Å². The molecular weight excluding hydrogens is 442 g/mol. The van der Waals surface area contributed by atoms with Gasteiger partial charge >= 0.3 is 0 Å². The van der Waals surface area contributed by atoms with Crippen LogP contribution < -0.4 is 4.68 Å². The van der Waals surface area contributed by atoms with Crippen LogP contribution in [0, 0.1) is 19.1 Å². The van der Waals surface area contributed by atoms with Gasteiger partial charge in [-0.2, -0.15) is 35.4 Å². The monoisotopic (exact) mass is 460 g/mol. The van der Waals surface area contributed by atoms with Crippen molar-refractivity contribution in [1.29, 1.82) is 0 Å². The predicted molar refractivity (Wildman–Crippen MR) is 117 cm³/mol. The van der Waals surface area contributed by atoms with Gasteiger partial charge in [-0.25, -0.2) is 4.98 Å². The van der Waals surface area contributed by atoms with E-state index < -0.39 is 0 Å². The molecule has 5 heteroatoms. The average molecular weight is 460 g/mol. The van der Waals surface area contributed by atoms with Gasteiger partial charge < -0.3 is 0 Å². The van der Waals surface area contributed by atoms with Gasteiger partial charge in [0.1, 0.15) is 0 Å². The number of aromatic nitrogens is 3. The first-order valence-corrected chi connectivity index (χ1v) is 9.24. The molecule has 0 saturated carbocycles. The summed E-state index contributed by atoms with van der Waals surface area (Å²) in [6, 6.07) is 28.5. The summed E-state index contributed by atoms with van der Waals surface area (Å²) < 4.78 is 1.83. The number of hydrogen-bond donors (Lipinski definition) is 0. The Morgan fingerprint density at radius 2 is 1.53 bits per heavy atom. The molecule has 0 aliphatic heterocycles. The molecule has 0 bridgehead atoms. The zero-order valence-electron chi connectivity index (χ0n) is 16.9. The molecule has 0 amide bonds. The zero-order valence-corrected chi connectivity index (χ0v) is 19.8. The minimum absolute atomic E-state index is 0. The third-order valence-electron chi connectivity index (χ3n) is 5.19. The Kier molecular flexibility index (Phi) is 6.80. The fraction of sp³-hybridized carbons (Fsp3) is 0.0800. The molecule has 5 aromatic rings. The number of nitrogens with zero attached hydrogens (tertiary/aromatic N) is 3. The van der Waals surface area contributed by atoms with E-state index in [1.54, 1.807) is 6.33 Å². The summed E-state index contributed by atoms with van der Waals surface area (Å²) >= 11 is 0. The van der Waals surface area contributed by atoms with Crippen LogP contribution in [-0.2, 0) is 39.8 Å². The van der Waals surface area contributed by atoms with Crippen molar-refractivity contribution < 1.29 is 37.4 Å². The van der Waals surface area contributed by atoms with Gasteiger partial charge in [0.05, 0.1) is 6.20 Å². The molecule has 1 heterocycles. The second-order valence-corrected chi connectivity index (χ2v) is 6.97. The largest absolute Gasteiger partial charge is 0.240 e. The van der Waals surface area contributed by atoms with Crippen LogP contribution in [0.4, 0.5) is 0 Å². The maximum Gasteiger partial charge on any atom is 0.193 e. The number of benzene rings is 4. The molecule has 0 N–H and O–H groups in total. The van der Waals surface area contributed by atoms with E-state index in [0.717, 1.165) is 33.3 Å². The maximum atomic E-state index is 4.25. The van der Waals surface area contributed by atoms with Gasteiger partial charge in [0.15, 0.2) is 19.1 Å². The SMILES string of the molecule is Cc1ccc(-c2[c-]c3c(cc2)ccc2ccccc23)[c-]c1-c1cncn[n+]1C.[B].[Y]. The van der Waals surface area contributed by atoms with E-state index in [4.69, 9.17) is 0 Å². The maximum absolute atomic E-state index is 4.25. The van der Waals surface area contributed by atoms with Crippen LogP contribution in [0.5, 0.6) is 0 Å². The van der Waals surface area contributed by atoms with Gasteiger partial charge in [-0.05, 0) is 0 Å². The zero-order chi connectivity index (χ0) is 19.1. The third-order valence-corrected chi connectivity index (χ3v) is 5.19. The number of aryl methyl sites for hydroxylation is 2. The molecule has 0 aliphatic carbocycles. The summed E-state index contributed by atoms with van der Waals surface area (Å²) in [5.41, 5.74) is 5.13. The van der Waals surface area contributed by atoms with E-state index in [1.165, 1.54) is 16.2 Å². The van der Waals surface area contributed by atoms with Crippen molar-refractivity contribution in [3.63, 3.8) is 0 Å². The molecule has 0 unspecified atom stereocenters. The molecular formula is C25H18BN3Y-. The third kappa shape index (κ3) is 3.95. The molecule has 0 spiro atoms. The van der Waals surface area contributed by atoms with Gasteiger partial charge in [0.25, 0.3) is 0 Å². The Balaban J connectivity index is 0.00000128. The van der Waals surface area contributed by atoms with Gasteiger partial charge in [-0.1, -0.05) is 65.0 Å². The smallest absolute Gasteiger partial charge is 0.193 e. The van der Waals surface area contributed by atoms with Crippen LogP contribution >= 0.6 is 0 Å². The van der Waals surface area contributed by atoms with Gasteiger partial charge in [-0.15, -0.1) is 27.8 Å². The molecule has 3 nitrogen and oxygen atoms in total. The van der Waals surface area contributed by atoms with Crippen LogP contribution in [0.25, 0.3) is 43.9 Å². The van der Waals surface area contributed by atoms with Gasteiger partial charge in [-0.3, -0.25) is 0 Å². The Labute approximate surface area is 203 Å². The van der Waals surface area contributed by atoms with Crippen LogP contribution in [0.2, 0.25) is 0 Å². The first-order valence-electron chi connectivity index (χ1n) is 9.24. The molecule has 5 rings (SSSR count). The standard InChI is InChI=1S/C25H18N3.B.Y/c1-17-7-8-20(13-23(17)25-15-26-16-27-28(25)2)21-12-11-19-10-9-18-5-3-4-6-22(18)24(19)14-21;;/h3-12,15-16H,1-2H3;;/q-1;;. The van der Waals surface area contributed by atoms with Crippen molar-refractivity contribution >= 4 is 30.0 Å². The number of rotatable bonds is 2. The summed E-state index contributed by atoms with van der Waals surface area (Å²) in [7, 11) is 1.92. The van der Waals surface area contributed by atoms with Crippen LogP contribution in [0.15, 0.2) is 73.2 Å². The Bertz CT molecular complexity index is 1350. The van der Waals surface area contributed by atoms with Crippen molar-refractivity contribution in [3.8, 4) is 22.4 Å². The molecule has 4 radical (unpaired) electrons. The fourth-order valence-electron chi connectivity index (χ4n) is 3.65. The van der Waals surface area contributed by atoms with Gasteiger partial charge in [0, 0.05) is 46.2 Å². The summed E-state index contributed by atoms with van der Waals surface area (Å²) in [5.74, 6) is 0. The molecule has 0 atom stereocenters. The van der Waals surface area contributed by atoms with Crippen molar-refractivity contribution in [2.75, 3.05) is 0 Å². The molecule has 140 valence electrons. The van der Waals surface area contributed by atoms with Gasteiger partial charge in [0.2, 0.25) is 0 Å². The van der Waals surface area contributed by atoms with Crippen molar-refractivity contribution in [3.05, 3.63) is 90.9 Å². The van der Waals surface area contributed by atoms with E-state index in [0.29, 0.717) is 0 Å². The second kappa shape index (κ2) is 9.16. The quantitative estimate of drug-likeness (QED) is 0.169. The first kappa shape index (κ1) is 22.3. The molecule has 0 fully saturated rings. The summed E-state index contributed by atoms with van der Waals surface area (Å²) in [6.07, 6.45) is 3.37. The Morgan fingerprint density at radius 1 is 0.833 bits per heavy atom. The van der Waals surface area contributed by atoms with E-state index in [9.17, 15) is 0 Å². The molecule has 0 aliphatic rings. The van der Waals surface area contributed by atoms with Crippen molar-refractivity contribution in [2.45, 2.75) is 6.92 Å². The number of fused-ring (bicyclic) bond motifs is 3. The minimum atomic E-state index is 0. The Hall–Kier alpha value is -2.42. The van der Waals surface area contributed by atoms with Crippen LogP contribution in [0.3, 0.4) is 0 Å². The second-order valence-electron chi connectivity index (χ2n) is 6.97. The van der Waals surface area contributed by atoms with E-state index in [1.807, 2.05) is 17.9 Å². The molecule has 0 saturated heterocycles. The topological polar surface area (TPSA) is 29.7 Å². The average Bonchev–Trinajstić information content (AvgIpc) is 2.74. The Morgan fingerprint density at radius 3 is 2.37 bits per heavy atom. The van der Waals surface area contributed by atoms with E-state index >= 15 is 0 Å². The normalized spacial score (nSPS) is 10.5. The molecule has 4 aromatic carbocycles. The minimum Gasteiger partial charge on any atom is -0.240 e. The molecule has 1 aromatic heterocycles. The summed E-state index contributed by atoms with van der Waals surface area (Å²) in [4.78, 5) is 4.18. The van der Waals surface area contributed by atoms with Crippen LogP contribution in [-0.4, -0.2) is 18.5 Å². The van der Waals surface area contributed by atoms with E-state index in [-0.39, 0.29) is 41.1 Å². The van der Waals surface area contributed by atoms with Crippen LogP contribution in [0.1, 0.15) is 5.56 Å². The predicted octanol–water partition coefficient (Wildman–Crippen LogP) is 4.47. The molecule has 30 heavy (non-hydrogen) atoms. The van der Waals surface area contributed by atoms with Crippen molar-refractivity contribution in [2.24, 2.45) is 7.05 Å². The summed E-state index contributed by atoms with van der Waals surface area (Å²) in [6.45, 7) is 2.08. The number of hydrogen-bond acceptors (Lipinski definition) is 2. The van der Waals surface area contributed by atoms with E-state index in [2.05, 4.69) is 89.8 Å². The fourth-order valence-corrected chi connectivity index (χ4v) is 3.65. The summed E-state index contributed by atoms with van der Waals surface area (Å²) in [5, 5.41) is 9.03.